The molecule has 0 bridgehead atoms. The van der Waals surface area contributed by atoms with Crippen LogP contribution in [0.1, 0.15) is 39.0 Å². The van der Waals surface area contributed by atoms with Crippen molar-refractivity contribution in [2.24, 2.45) is 11.1 Å². The van der Waals surface area contributed by atoms with E-state index in [1.54, 1.807) is 6.20 Å². The molecular formula is C14H21ClN4O. The van der Waals surface area contributed by atoms with Crippen LogP contribution in [0.3, 0.4) is 0 Å². The Bertz CT molecular complexity index is 488. The molecule has 2 fully saturated rings. The second-order valence-corrected chi connectivity index (χ2v) is 6.28. The summed E-state index contributed by atoms with van der Waals surface area (Å²) in [5, 5.41) is 3.83. The van der Waals surface area contributed by atoms with Crippen LogP contribution in [0.5, 0.6) is 5.88 Å². The van der Waals surface area contributed by atoms with E-state index >= 15 is 0 Å². The third kappa shape index (κ3) is 2.69. The predicted molar refractivity (Wildman–Crippen MR) is 79.1 cm³/mol. The molecule has 0 saturated heterocycles. The van der Waals surface area contributed by atoms with Crippen molar-refractivity contribution in [2.75, 3.05) is 11.9 Å². The molecule has 1 aromatic rings. The van der Waals surface area contributed by atoms with Gasteiger partial charge in [0.2, 0.25) is 11.8 Å². The Labute approximate surface area is 124 Å². The minimum Gasteiger partial charge on any atom is -0.477 e. The van der Waals surface area contributed by atoms with Crippen molar-refractivity contribution in [1.82, 2.24) is 9.97 Å². The van der Waals surface area contributed by atoms with Crippen LogP contribution < -0.4 is 15.8 Å². The molecule has 1 unspecified atom stereocenters. The monoisotopic (exact) mass is 296 g/mol. The van der Waals surface area contributed by atoms with Gasteiger partial charge in [0.05, 0.1) is 12.8 Å². The molecule has 5 nitrogen and oxygen atoms in total. The number of halogens is 1. The van der Waals surface area contributed by atoms with Gasteiger partial charge in [0, 0.05) is 12.1 Å². The van der Waals surface area contributed by atoms with Gasteiger partial charge in [-0.2, -0.15) is 4.98 Å². The molecule has 2 aliphatic rings. The highest BCUT2D eigenvalue weighted by Gasteiger charge is 2.52. The van der Waals surface area contributed by atoms with E-state index in [1.807, 2.05) is 6.92 Å². The maximum atomic E-state index is 6.02. The molecule has 1 heterocycles. The highest BCUT2D eigenvalue weighted by Crippen LogP contribution is 2.55. The van der Waals surface area contributed by atoms with E-state index in [9.17, 15) is 0 Å². The molecule has 20 heavy (non-hydrogen) atoms. The number of nitrogens with one attached hydrogen (secondary N) is 1. The van der Waals surface area contributed by atoms with Gasteiger partial charge < -0.3 is 15.8 Å². The van der Waals surface area contributed by atoms with Gasteiger partial charge in [-0.25, -0.2) is 4.98 Å². The number of anilines is 1. The molecule has 0 amide bonds. The van der Waals surface area contributed by atoms with Crippen LogP contribution in [0, 0.1) is 5.41 Å². The van der Waals surface area contributed by atoms with Gasteiger partial charge >= 0.3 is 0 Å². The highest BCUT2D eigenvalue weighted by atomic mass is 35.5. The number of aromatic nitrogens is 2. The molecule has 6 heteroatoms. The van der Waals surface area contributed by atoms with Crippen molar-refractivity contribution in [3.05, 3.63) is 11.2 Å². The van der Waals surface area contributed by atoms with E-state index in [0.29, 0.717) is 41.0 Å². The van der Waals surface area contributed by atoms with Crippen molar-refractivity contribution < 1.29 is 4.74 Å². The first-order valence-corrected chi connectivity index (χ1v) is 7.68. The third-order valence-electron chi connectivity index (χ3n) is 4.56. The lowest BCUT2D eigenvalue weighted by molar-refractivity contribution is 0.306. The van der Waals surface area contributed by atoms with Gasteiger partial charge in [0.1, 0.15) is 5.02 Å². The fraction of sp³-hybridized carbons (Fsp3) is 0.714. The summed E-state index contributed by atoms with van der Waals surface area (Å²) in [5.41, 5.74) is 6.48. The molecule has 110 valence electrons. The number of rotatable bonds is 4. The Morgan fingerprint density at radius 2 is 2.20 bits per heavy atom. The Morgan fingerprint density at radius 3 is 2.80 bits per heavy atom. The largest absolute Gasteiger partial charge is 0.477 e. The maximum Gasteiger partial charge on any atom is 0.237 e. The van der Waals surface area contributed by atoms with Crippen LogP contribution in [0.25, 0.3) is 0 Å². The Hall–Kier alpha value is -1.07. The van der Waals surface area contributed by atoms with Crippen LogP contribution in [0.2, 0.25) is 5.02 Å². The minimum atomic E-state index is 0.420. The summed E-state index contributed by atoms with van der Waals surface area (Å²) >= 11 is 5.99. The van der Waals surface area contributed by atoms with Crippen LogP contribution in [-0.4, -0.2) is 28.7 Å². The van der Waals surface area contributed by atoms with Crippen LogP contribution in [0.15, 0.2) is 6.20 Å². The first kappa shape index (κ1) is 13.9. The summed E-state index contributed by atoms with van der Waals surface area (Å²) in [7, 11) is 0. The smallest absolute Gasteiger partial charge is 0.237 e. The number of ether oxygens (including phenoxy) is 1. The molecule has 1 aromatic heterocycles. The average molecular weight is 297 g/mol. The molecule has 1 spiro atoms. The van der Waals surface area contributed by atoms with Gasteiger partial charge in [-0.3, -0.25) is 0 Å². The van der Waals surface area contributed by atoms with E-state index in [4.69, 9.17) is 22.1 Å². The fourth-order valence-electron chi connectivity index (χ4n) is 3.13. The SMILES string of the molecule is CCOc1nc(NC2CCC3(CC2)CC3N)ncc1Cl. The summed E-state index contributed by atoms with van der Waals surface area (Å²) in [4.78, 5) is 8.55. The zero-order valence-electron chi connectivity index (χ0n) is 11.7. The second-order valence-electron chi connectivity index (χ2n) is 5.87. The number of nitrogens with two attached hydrogens (primary N) is 1. The van der Waals surface area contributed by atoms with E-state index in [0.717, 1.165) is 12.8 Å². The Kier molecular flexibility index (Phi) is 3.73. The van der Waals surface area contributed by atoms with Crippen LogP contribution in [-0.2, 0) is 0 Å². The summed E-state index contributed by atoms with van der Waals surface area (Å²) in [6, 6.07) is 0.851. The third-order valence-corrected chi connectivity index (χ3v) is 4.82. The Morgan fingerprint density at radius 1 is 1.50 bits per heavy atom. The van der Waals surface area contributed by atoms with Gasteiger partial charge in [0.15, 0.2) is 0 Å². The van der Waals surface area contributed by atoms with Crippen molar-refractivity contribution in [1.29, 1.82) is 0 Å². The molecule has 2 saturated carbocycles. The number of hydrogen-bond acceptors (Lipinski definition) is 5. The van der Waals surface area contributed by atoms with Gasteiger partial charge in [-0.1, -0.05) is 11.6 Å². The summed E-state index contributed by atoms with van der Waals surface area (Å²) in [5.74, 6) is 1.04. The van der Waals surface area contributed by atoms with E-state index in [1.165, 1.54) is 19.3 Å². The van der Waals surface area contributed by atoms with E-state index in [2.05, 4.69) is 15.3 Å². The Balaban J connectivity index is 1.59. The lowest BCUT2D eigenvalue weighted by Crippen LogP contribution is -2.30. The lowest BCUT2D eigenvalue weighted by Gasteiger charge is -2.29. The fourth-order valence-corrected chi connectivity index (χ4v) is 3.28. The van der Waals surface area contributed by atoms with E-state index in [-0.39, 0.29) is 0 Å². The molecule has 0 aliphatic heterocycles. The van der Waals surface area contributed by atoms with Crippen molar-refractivity contribution in [2.45, 2.75) is 51.1 Å². The van der Waals surface area contributed by atoms with E-state index < -0.39 is 0 Å². The summed E-state index contributed by atoms with van der Waals surface area (Å²) in [6.45, 7) is 2.45. The van der Waals surface area contributed by atoms with Gasteiger partial charge in [-0.15, -0.1) is 0 Å². The second kappa shape index (κ2) is 5.37. The zero-order chi connectivity index (χ0) is 14.2. The number of nitrogens with zero attached hydrogens (tertiary/aromatic N) is 2. The predicted octanol–water partition coefficient (Wildman–Crippen LogP) is 2.60. The van der Waals surface area contributed by atoms with Gasteiger partial charge in [0.25, 0.3) is 0 Å². The normalized spacial score (nSPS) is 32.1. The highest BCUT2D eigenvalue weighted by molar-refractivity contribution is 6.31. The molecule has 3 N–H and O–H groups in total. The van der Waals surface area contributed by atoms with Crippen LogP contribution in [0.4, 0.5) is 5.95 Å². The first-order valence-electron chi connectivity index (χ1n) is 7.30. The lowest BCUT2D eigenvalue weighted by atomic mass is 9.83. The molecule has 0 radical (unpaired) electrons. The zero-order valence-corrected chi connectivity index (χ0v) is 12.5. The van der Waals surface area contributed by atoms with Crippen molar-refractivity contribution in [3.8, 4) is 5.88 Å². The van der Waals surface area contributed by atoms with Crippen molar-refractivity contribution in [3.63, 3.8) is 0 Å². The molecule has 3 rings (SSSR count). The summed E-state index contributed by atoms with van der Waals surface area (Å²) < 4.78 is 5.38. The molecular weight excluding hydrogens is 276 g/mol. The van der Waals surface area contributed by atoms with Gasteiger partial charge in [-0.05, 0) is 44.4 Å². The quantitative estimate of drug-likeness (QED) is 0.893. The minimum absolute atomic E-state index is 0.420. The topological polar surface area (TPSA) is 73.1 Å². The molecule has 1 atom stereocenters. The number of hydrogen-bond donors (Lipinski definition) is 2. The summed E-state index contributed by atoms with van der Waals surface area (Å²) in [6.07, 6.45) is 7.46. The standard InChI is InChI=1S/C14H21ClN4O/c1-2-20-12-10(15)8-17-13(19-12)18-9-3-5-14(6-4-9)7-11(14)16/h8-9,11H,2-7,16H2,1H3,(H,17,18,19). The average Bonchev–Trinajstić information content (AvgIpc) is 3.06. The van der Waals surface area contributed by atoms with Crippen LogP contribution >= 0.6 is 11.6 Å². The molecule has 2 aliphatic carbocycles. The maximum absolute atomic E-state index is 6.02. The van der Waals surface area contributed by atoms with Crippen molar-refractivity contribution >= 4 is 17.5 Å². The molecule has 0 aromatic carbocycles. The first-order chi connectivity index (χ1) is 9.63.